The van der Waals surface area contributed by atoms with Gasteiger partial charge >= 0.3 is 5.69 Å². The summed E-state index contributed by atoms with van der Waals surface area (Å²) in [5.74, 6) is 2.49. The van der Waals surface area contributed by atoms with Crippen LogP contribution in [0.5, 0.6) is 0 Å². The molecule has 0 aromatic carbocycles. The molecule has 0 aliphatic heterocycles. The lowest BCUT2D eigenvalue weighted by Gasteiger charge is -2.01. The maximum Gasteiger partial charge on any atom is 0.344 e. The molecule has 0 atom stereocenters. The van der Waals surface area contributed by atoms with Crippen molar-refractivity contribution in [3.8, 4) is 0 Å². The number of rotatable bonds is 6. The number of nitrogens with zero attached hydrogens (tertiary/aromatic N) is 2. The summed E-state index contributed by atoms with van der Waals surface area (Å²) >= 11 is 1.53. The molecule has 102 valence electrons. The number of aromatic amines is 1. The number of aromatic nitrogens is 3. The molecule has 19 heavy (non-hydrogen) atoms. The normalized spacial score (nSPS) is 15.0. The van der Waals surface area contributed by atoms with Gasteiger partial charge < -0.3 is 9.73 Å². The molecule has 0 saturated heterocycles. The van der Waals surface area contributed by atoms with Crippen LogP contribution in [0, 0.1) is 0 Å². The fraction of sp³-hybridized carbons (Fsp3) is 0.500. The summed E-state index contributed by atoms with van der Waals surface area (Å²) in [6, 6.07) is 4.27. The van der Waals surface area contributed by atoms with Gasteiger partial charge in [-0.2, -0.15) is 0 Å². The van der Waals surface area contributed by atoms with Crippen LogP contribution in [0.15, 0.2) is 26.5 Å². The number of hydrogen-bond donors (Lipinski definition) is 2. The van der Waals surface area contributed by atoms with Crippen molar-refractivity contribution in [1.29, 1.82) is 0 Å². The zero-order chi connectivity index (χ0) is 13.2. The number of H-pyrrole nitrogens is 1. The van der Waals surface area contributed by atoms with Crippen molar-refractivity contribution in [2.24, 2.45) is 0 Å². The van der Waals surface area contributed by atoms with Gasteiger partial charge in [0.2, 0.25) is 0 Å². The van der Waals surface area contributed by atoms with Crippen molar-refractivity contribution in [3.05, 3.63) is 34.1 Å². The van der Waals surface area contributed by atoms with Gasteiger partial charge in [-0.1, -0.05) is 11.8 Å². The molecular weight excluding hydrogens is 264 g/mol. The van der Waals surface area contributed by atoms with Gasteiger partial charge in [-0.25, -0.2) is 9.89 Å². The standard InChI is InChI=1S/C12H16N4O2S/c1-13-6-9-4-5-10(18-9)7-19-12-15-14-11(17)16(12)8-2-3-8/h4-5,8,13H,2-3,6-7H2,1H3,(H,14,17). The molecule has 2 heterocycles. The van der Waals surface area contributed by atoms with Crippen LogP contribution < -0.4 is 11.0 Å². The lowest BCUT2D eigenvalue weighted by molar-refractivity contribution is 0.468. The van der Waals surface area contributed by atoms with E-state index in [0.29, 0.717) is 11.8 Å². The first kappa shape index (κ1) is 12.6. The van der Waals surface area contributed by atoms with E-state index in [1.165, 1.54) is 11.8 Å². The van der Waals surface area contributed by atoms with Crippen LogP contribution in [-0.4, -0.2) is 21.8 Å². The largest absolute Gasteiger partial charge is 0.464 e. The van der Waals surface area contributed by atoms with E-state index >= 15 is 0 Å². The molecule has 6 nitrogen and oxygen atoms in total. The Balaban J connectivity index is 1.66. The minimum absolute atomic E-state index is 0.111. The molecule has 0 bridgehead atoms. The molecule has 0 amide bonds. The highest BCUT2D eigenvalue weighted by molar-refractivity contribution is 7.98. The second-order valence-corrected chi connectivity index (χ2v) is 5.54. The summed E-state index contributed by atoms with van der Waals surface area (Å²) < 4.78 is 7.41. The van der Waals surface area contributed by atoms with Crippen molar-refractivity contribution < 1.29 is 4.42 Å². The lowest BCUT2D eigenvalue weighted by atomic mass is 10.4. The molecule has 1 aliphatic rings. The Bertz CT molecular complexity index is 611. The average molecular weight is 280 g/mol. The molecule has 0 spiro atoms. The highest BCUT2D eigenvalue weighted by Gasteiger charge is 2.28. The van der Waals surface area contributed by atoms with Crippen molar-refractivity contribution in [2.45, 2.75) is 36.3 Å². The van der Waals surface area contributed by atoms with Gasteiger partial charge in [0, 0.05) is 6.04 Å². The summed E-state index contributed by atoms with van der Waals surface area (Å²) in [4.78, 5) is 11.6. The summed E-state index contributed by atoms with van der Waals surface area (Å²) in [6.45, 7) is 0.722. The number of hydrogen-bond acceptors (Lipinski definition) is 5. The predicted molar refractivity (Wildman–Crippen MR) is 72.2 cm³/mol. The van der Waals surface area contributed by atoms with Gasteiger partial charge in [0.15, 0.2) is 5.16 Å². The second-order valence-electron chi connectivity index (χ2n) is 4.60. The molecular formula is C12H16N4O2S. The SMILES string of the molecule is CNCc1ccc(CSc2n[nH]c(=O)n2C2CC2)o1. The quantitative estimate of drug-likeness (QED) is 0.784. The van der Waals surface area contributed by atoms with E-state index < -0.39 is 0 Å². The van der Waals surface area contributed by atoms with Crippen LogP contribution >= 0.6 is 11.8 Å². The van der Waals surface area contributed by atoms with E-state index in [9.17, 15) is 4.79 Å². The lowest BCUT2D eigenvalue weighted by Crippen LogP contribution is -2.16. The van der Waals surface area contributed by atoms with Crippen LogP contribution in [0.1, 0.15) is 30.4 Å². The van der Waals surface area contributed by atoms with Gasteiger partial charge in [0.05, 0.1) is 12.3 Å². The van der Waals surface area contributed by atoms with Gasteiger partial charge in [-0.3, -0.25) is 4.57 Å². The van der Waals surface area contributed by atoms with Crippen molar-refractivity contribution in [2.75, 3.05) is 7.05 Å². The monoisotopic (exact) mass is 280 g/mol. The fourth-order valence-electron chi connectivity index (χ4n) is 1.95. The van der Waals surface area contributed by atoms with Crippen LogP contribution in [0.25, 0.3) is 0 Å². The summed E-state index contributed by atoms with van der Waals surface area (Å²) in [6.07, 6.45) is 2.14. The van der Waals surface area contributed by atoms with Crippen LogP contribution in [0.2, 0.25) is 0 Å². The van der Waals surface area contributed by atoms with E-state index in [1.807, 2.05) is 19.2 Å². The Hall–Kier alpha value is -1.47. The Morgan fingerprint density at radius 3 is 3.05 bits per heavy atom. The van der Waals surface area contributed by atoms with Crippen LogP contribution in [-0.2, 0) is 12.3 Å². The van der Waals surface area contributed by atoms with E-state index in [-0.39, 0.29) is 5.69 Å². The summed E-state index contributed by atoms with van der Waals surface area (Å²) in [5.41, 5.74) is -0.111. The van der Waals surface area contributed by atoms with Gasteiger partial charge in [0.1, 0.15) is 11.5 Å². The highest BCUT2D eigenvalue weighted by atomic mass is 32.2. The summed E-state index contributed by atoms with van der Waals surface area (Å²) in [7, 11) is 1.88. The smallest absolute Gasteiger partial charge is 0.344 e. The number of furan rings is 1. The number of nitrogens with one attached hydrogen (secondary N) is 2. The van der Waals surface area contributed by atoms with Gasteiger partial charge in [-0.05, 0) is 32.0 Å². The first-order valence-corrected chi connectivity index (χ1v) is 7.28. The zero-order valence-corrected chi connectivity index (χ0v) is 11.5. The molecule has 0 unspecified atom stereocenters. The fourth-order valence-corrected chi connectivity index (χ4v) is 2.86. The third kappa shape index (κ3) is 2.76. The maximum absolute atomic E-state index is 11.6. The molecule has 3 rings (SSSR count). The third-order valence-corrected chi connectivity index (χ3v) is 3.97. The Morgan fingerprint density at radius 2 is 2.32 bits per heavy atom. The minimum atomic E-state index is -0.111. The minimum Gasteiger partial charge on any atom is -0.464 e. The zero-order valence-electron chi connectivity index (χ0n) is 10.7. The Morgan fingerprint density at radius 1 is 1.53 bits per heavy atom. The van der Waals surface area contributed by atoms with Crippen LogP contribution in [0.4, 0.5) is 0 Å². The van der Waals surface area contributed by atoms with E-state index in [1.54, 1.807) is 4.57 Å². The van der Waals surface area contributed by atoms with Crippen molar-refractivity contribution in [1.82, 2.24) is 20.1 Å². The van der Waals surface area contributed by atoms with Crippen LogP contribution in [0.3, 0.4) is 0 Å². The van der Waals surface area contributed by atoms with E-state index in [4.69, 9.17) is 4.42 Å². The highest BCUT2D eigenvalue weighted by Crippen LogP contribution is 2.36. The number of thioether (sulfide) groups is 1. The molecule has 1 saturated carbocycles. The molecule has 2 aromatic rings. The summed E-state index contributed by atoms with van der Waals surface area (Å²) in [5, 5.41) is 10.4. The van der Waals surface area contributed by atoms with Gasteiger partial charge in [-0.15, -0.1) is 5.10 Å². The predicted octanol–water partition coefficient (Wildman–Crippen LogP) is 1.51. The molecule has 1 aliphatic carbocycles. The molecule has 0 radical (unpaired) electrons. The third-order valence-electron chi connectivity index (χ3n) is 3.00. The molecule has 2 N–H and O–H groups in total. The first-order chi connectivity index (χ1) is 9.28. The van der Waals surface area contributed by atoms with E-state index in [0.717, 1.165) is 36.1 Å². The Labute approximate surface area is 114 Å². The Kier molecular flexibility index (Phi) is 3.48. The van der Waals surface area contributed by atoms with Gasteiger partial charge in [0.25, 0.3) is 0 Å². The molecule has 1 fully saturated rings. The average Bonchev–Trinajstić information content (AvgIpc) is 3.02. The molecule has 7 heteroatoms. The molecule has 2 aromatic heterocycles. The topological polar surface area (TPSA) is 75.8 Å². The van der Waals surface area contributed by atoms with E-state index in [2.05, 4.69) is 15.5 Å². The van der Waals surface area contributed by atoms with Crippen molar-refractivity contribution >= 4 is 11.8 Å². The maximum atomic E-state index is 11.6. The first-order valence-electron chi connectivity index (χ1n) is 6.30. The second kappa shape index (κ2) is 5.26. The van der Waals surface area contributed by atoms with Crippen molar-refractivity contribution in [3.63, 3.8) is 0 Å².